The second-order valence-corrected chi connectivity index (χ2v) is 3.16. The molecule has 1 aliphatic heterocycles. The van der Waals surface area contributed by atoms with Gasteiger partial charge in [-0.3, -0.25) is 4.57 Å². The molecule has 0 radical (unpaired) electrons. The Kier molecular flexibility index (Phi) is 2.00. The van der Waals surface area contributed by atoms with Gasteiger partial charge in [0.2, 0.25) is 0 Å². The molecule has 0 bridgehead atoms. The minimum absolute atomic E-state index is 0.0683. The van der Waals surface area contributed by atoms with Gasteiger partial charge in [-0.25, -0.2) is 9.48 Å². The zero-order valence-electron chi connectivity index (χ0n) is 7.27. The molecule has 1 aliphatic rings. The van der Waals surface area contributed by atoms with Crippen molar-refractivity contribution in [2.24, 2.45) is 0 Å². The van der Waals surface area contributed by atoms with E-state index in [1.807, 2.05) is 0 Å². The van der Waals surface area contributed by atoms with Gasteiger partial charge in [0.15, 0.2) is 0 Å². The predicted octanol–water partition coefficient (Wildman–Crippen LogP) is -0.420. The van der Waals surface area contributed by atoms with E-state index in [9.17, 15) is 9.59 Å². The highest BCUT2D eigenvalue weighted by molar-refractivity contribution is 5.48. The van der Waals surface area contributed by atoms with Crippen LogP contribution >= 0.6 is 0 Å². The van der Waals surface area contributed by atoms with E-state index in [4.69, 9.17) is 0 Å². The van der Waals surface area contributed by atoms with Gasteiger partial charge in [0.25, 0.3) is 0 Å². The number of hydrogen-bond acceptors (Lipinski definition) is 3. The monoisotopic (exact) mass is 181 g/mol. The zero-order chi connectivity index (χ0) is 9.26. The molecule has 0 aromatic carbocycles. The average Bonchev–Trinajstić information content (AvgIpc) is 2.46. The third-order valence-corrected chi connectivity index (χ3v) is 2.28. The van der Waals surface area contributed by atoms with Crippen molar-refractivity contribution in [3.05, 3.63) is 16.3 Å². The Morgan fingerprint density at radius 3 is 3.00 bits per heavy atom. The number of fused-ring (bicyclic) bond motifs is 1. The van der Waals surface area contributed by atoms with Crippen molar-refractivity contribution in [1.29, 1.82) is 0 Å². The SMILES string of the molecule is O=CCn1nc2n(c1=O)CCCC2. The van der Waals surface area contributed by atoms with Crippen LogP contribution in [0, 0.1) is 0 Å². The van der Waals surface area contributed by atoms with Crippen LogP contribution in [0.25, 0.3) is 0 Å². The summed E-state index contributed by atoms with van der Waals surface area (Å²) in [6.07, 6.45) is 3.65. The van der Waals surface area contributed by atoms with Crippen molar-refractivity contribution < 1.29 is 4.79 Å². The number of hydrogen-bond donors (Lipinski definition) is 0. The van der Waals surface area contributed by atoms with E-state index in [2.05, 4.69) is 5.10 Å². The summed E-state index contributed by atoms with van der Waals surface area (Å²) in [6.45, 7) is 0.811. The van der Waals surface area contributed by atoms with Crippen LogP contribution in [0.3, 0.4) is 0 Å². The van der Waals surface area contributed by atoms with Crippen molar-refractivity contribution in [3.8, 4) is 0 Å². The molecular weight excluding hydrogens is 170 g/mol. The highest BCUT2D eigenvalue weighted by Crippen LogP contribution is 2.08. The van der Waals surface area contributed by atoms with Crippen molar-refractivity contribution in [3.63, 3.8) is 0 Å². The van der Waals surface area contributed by atoms with E-state index in [1.165, 1.54) is 4.68 Å². The summed E-state index contributed by atoms with van der Waals surface area (Å²) in [4.78, 5) is 21.7. The number of aromatic nitrogens is 3. The summed E-state index contributed by atoms with van der Waals surface area (Å²) in [5, 5.41) is 4.08. The molecule has 70 valence electrons. The molecule has 0 amide bonds. The molecule has 13 heavy (non-hydrogen) atoms. The lowest BCUT2D eigenvalue weighted by Gasteiger charge is -2.09. The smallest absolute Gasteiger partial charge is 0.301 e. The lowest BCUT2D eigenvalue weighted by Crippen LogP contribution is -2.27. The van der Waals surface area contributed by atoms with Gasteiger partial charge in [0.1, 0.15) is 18.7 Å². The van der Waals surface area contributed by atoms with E-state index in [0.29, 0.717) is 6.29 Å². The van der Waals surface area contributed by atoms with Crippen molar-refractivity contribution in [2.75, 3.05) is 0 Å². The maximum Gasteiger partial charge on any atom is 0.346 e. The van der Waals surface area contributed by atoms with Crippen molar-refractivity contribution in [1.82, 2.24) is 14.3 Å². The second kappa shape index (κ2) is 3.16. The molecule has 5 nitrogen and oxygen atoms in total. The van der Waals surface area contributed by atoms with Gasteiger partial charge in [-0.05, 0) is 12.8 Å². The average molecular weight is 181 g/mol. The molecular formula is C8H11N3O2. The van der Waals surface area contributed by atoms with E-state index < -0.39 is 0 Å². The number of aldehydes is 1. The zero-order valence-corrected chi connectivity index (χ0v) is 7.27. The third kappa shape index (κ3) is 1.30. The molecule has 1 aromatic rings. The molecule has 0 aliphatic carbocycles. The van der Waals surface area contributed by atoms with Gasteiger partial charge in [-0.1, -0.05) is 0 Å². The van der Waals surface area contributed by atoms with Crippen LogP contribution in [0.5, 0.6) is 0 Å². The first-order chi connectivity index (χ1) is 6.33. The Morgan fingerprint density at radius 1 is 1.46 bits per heavy atom. The molecule has 0 saturated carbocycles. The molecule has 2 heterocycles. The van der Waals surface area contributed by atoms with Gasteiger partial charge >= 0.3 is 5.69 Å². The molecule has 0 N–H and O–H groups in total. The molecule has 0 atom stereocenters. The fraction of sp³-hybridized carbons (Fsp3) is 0.625. The summed E-state index contributed by atoms with van der Waals surface area (Å²) in [5.74, 6) is 0.818. The van der Waals surface area contributed by atoms with Crippen molar-refractivity contribution >= 4 is 6.29 Å². The predicted molar refractivity (Wildman–Crippen MR) is 45.5 cm³/mol. The maximum atomic E-state index is 11.5. The number of carbonyl (C=O) groups excluding carboxylic acids is 1. The quantitative estimate of drug-likeness (QED) is 0.582. The lowest BCUT2D eigenvalue weighted by molar-refractivity contribution is -0.108. The van der Waals surface area contributed by atoms with Gasteiger partial charge in [0.05, 0.1) is 0 Å². The highest BCUT2D eigenvalue weighted by Gasteiger charge is 2.15. The Bertz CT molecular complexity index is 377. The topological polar surface area (TPSA) is 56.9 Å². The van der Waals surface area contributed by atoms with Crippen LogP contribution in [0.15, 0.2) is 4.79 Å². The van der Waals surface area contributed by atoms with Gasteiger partial charge in [0, 0.05) is 13.0 Å². The highest BCUT2D eigenvalue weighted by atomic mass is 16.2. The van der Waals surface area contributed by atoms with Gasteiger partial charge < -0.3 is 4.79 Å². The molecule has 5 heteroatoms. The largest absolute Gasteiger partial charge is 0.346 e. The molecule has 2 rings (SSSR count). The number of nitrogens with zero attached hydrogens (tertiary/aromatic N) is 3. The number of rotatable bonds is 2. The Balaban J connectivity index is 2.44. The number of aryl methyl sites for hydroxylation is 1. The summed E-state index contributed by atoms with van der Waals surface area (Å²) < 4.78 is 2.89. The summed E-state index contributed by atoms with van der Waals surface area (Å²) in [7, 11) is 0. The van der Waals surface area contributed by atoms with Crippen LogP contribution in [0.2, 0.25) is 0 Å². The standard InChI is InChI=1S/C8H11N3O2/c12-6-5-11-8(13)10-4-2-1-3-7(10)9-11/h6H,1-5H2. The lowest BCUT2D eigenvalue weighted by atomic mass is 10.2. The normalized spacial score (nSPS) is 15.4. The Labute approximate surface area is 75.0 Å². The summed E-state index contributed by atoms with van der Waals surface area (Å²) in [5.41, 5.74) is -0.151. The summed E-state index contributed by atoms with van der Waals surface area (Å²) in [6, 6.07) is 0. The third-order valence-electron chi connectivity index (χ3n) is 2.28. The molecule has 1 aromatic heterocycles. The minimum atomic E-state index is -0.151. The fourth-order valence-electron chi connectivity index (χ4n) is 1.64. The maximum absolute atomic E-state index is 11.5. The van der Waals surface area contributed by atoms with Crippen molar-refractivity contribution in [2.45, 2.75) is 32.4 Å². The van der Waals surface area contributed by atoms with Crippen LogP contribution in [0.1, 0.15) is 18.7 Å². The number of carbonyl (C=O) groups is 1. The fourth-order valence-corrected chi connectivity index (χ4v) is 1.64. The Hall–Kier alpha value is -1.39. The molecule has 0 spiro atoms. The van der Waals surface area contributed by atoms with Crippen LogP contribution in [-0.4, -0.2) is 20.6 Å². The van der Waals surface area contributed by atoms with Crippen LogP contribution in [-0.2, 0) is 24.3 Å². The minimum Gasteiger partial charge on any atom is -0.301 e. The molecule has 0 unspecified atom stereocenters. The summed E-state index contributed by atoms with van der Waals surface area (Å²) >= 11 is 0. The first-order valence-electron chi connectivity index (χ1n) is 4.43. The van der Waals surface area contributed by atoms with Gasteiger partial charge in [-0.15, -0.1) is 0 Å². The Morgan fingerprint density at radius 2 is 2.31 bits per heavy atom. The second-order valence-electron chi connectivity index (χ2n) is 3.16. The van der Waals surface area contributed by atoms with Gasteiger partial charge in [-0.2, -0.15) is 5.10 Å². The first kappa shape index (κ1) is 8.22. The van der Waals surface area contributed by atoms with Crippen LogP contribution < -0.4 is 5.69 Å². The van der Waals surface area contributed by atoms with E-state index in [0.717, 1.165) is 31.6 Å². The first-order valence-corrected chi connectivity index (χ1v) is 4.43. The van der Waals surface area contributed by atoms with E-state index >= 15 is 0 Å². The van der Waals surface area contributed by atoms with E-state index in [1.54, 1.807) is 4.57 Å². The molecule has 0 saturated heterocycles. The van der Waals surface area contributed by atoms with Crippen LogP contribution in [0.4, 0.5) is 0 Å². The van der Waals surface area contributed by atoms with E-state index in [-0.39, 0.29) is 12.2 Å². The molecule has 0 fully saturated rings.